The van der Waals surface area contributed by atoms with Crippen LogP contribution in [0.15, 0.2) is 53.4 Å². The van der Waals surface area contributed by atoms with Crippen LogP contribution < -0.4 is 10.0 Å². The Morgan fingerprint density at radius 1 is 1.09 bits per heavy atom. The molecule has 0 saturated heterocycles. The molecule has 174 valence electrons. The number of thiazole rings is 1. The van der Waals surface area contributed by atoms with Gasteiger partial charge in [0.25, 0.3) is 5.91 Å². The fourth-order valence-electron chi connectivity index (χ4n) is 3.89. The Hall–Kier alpha value is -2.62. The molecule has 1 fully saturated rings. The molecule has 3 aromatic rings. The lowest BCUT2D eigenvalue weighted by Gasteiger charge is -2.13. The van der Waals surface area contributed by atoms with Gasteiger partial charge in [-0.15, -0.1) is 11.3 Å². The van der Waals surface area contributed by atoms with Crippen LogP contribution in [0.1, 0.15) is 46.6 Å². The van der Waals surface area contributed by atoms with Crippen LogP contribution in [0.5, 0.6) is 0 Å². The average molecular weight is 488 g/mol. The van der Waals surface area contributed by atoms with Crippen molar-refractivity contribution < 1.29 is 17.6 Å². The normalized spacial score (nSPS) is 14.5. The van der Waals surface area contributed by atoms with E-state index in [0.717, 1.165) is 36.8 Å². The quantitative estimate of drug-likeness (QED) is 0.491. The van der Waals surface area contributed by atoms with Crippen molar-refractivity contribution in [3.05, 3.63) is 70.5 Å². The predicted octanol–water partition coefficient (Wildman–Crippen LogP) is 4.45. The van der Waals surface area contributed by atoms with E-state index < -0.39 is 10.0 Å². The van der Waals surface area contributed by atoms with Crippen molar-refractivity contribution in [2.45, 2.75) is 50.0 Å². The molecule has 6 nitrogen and oxygen atoms in total. The standard InChI is InChI=1S/C24H26FN3O3S2/c1-16-22(32-24(27-16)18-8-10-19(25)11-9-18)23(29)26-15-14-17-6-12-21(13-7-17)33(30,31)28-20-4-2-3-5-20/h6-13,20,28H,2-5,14-15H2,1H3,(H,26,29). The van der Waals surface area contributed by atoms with Gasteiger partial charge in [0.1, 0.15) is 15.7 Å². The molecule has 2 N–H and O–H groups in total. The van der Waals surface area contributed by atoms with E-state index >= 15 is 0 Å². The molecular formula is C24H26FN3O3S2. The number of aryl methyl sites for hydroxylation is 1. The summed E-state index contributed by atoms with van der Waals surface area (Å²) in [6.07, 6.45) is 4.48. The van der Waals surface area contributed by atoms with E-state index in [1.807, 2.05) is 0 Å². The number of benzene rings is 2. The number of amides is 1. The molecule has 1 heterocycles. The number of hydrogen-bond acceptors (Lipinski definition) is 5. The van der Waals surface area contributed by atoms with Gasteiger partial charge >= 0.3 is 0 Å². The average Bonchev–Trinajstić information content (AvgIpc) is 3.44. The van der Waals surface area contributed by atoms with Gasteiger partial charge < -0.3 is 5.32 Å². The fourth-order valence-corrected chi connectivity index (χ4v) is 6.18. The molecule has 0 radical (unpaired) electrons. The molecule has 0 spiro atoms. The number of aromatic nitrogens is 1. The number of carbonyl (C=O) groups is 1. The van der Waals surface area contributed by atoms with E-state index in [4.69, 9.17) is 0 Å². The number of hydrogen-bond donors (Lipinski definition) is 2. The van der Waals surface area contributed by atoms with E-state index in [0.29, 0.717) is 28.5 Å². The summed E-state index contributed by atoms with van der Waals surface area (Å²) < 4.78 is 41.0. The highest BCUT2D eigenvalue weighted by molar-refractivity contribution is 7.89. The van der Waals surface area contributed by atoms with Gasteiger partial charge in [-0.2, -0.15) is 0 Å². The van der Waals surface area contributed by atoms with E-state index in [1.54, 1.807) is 43.3 Å². The van der Waals surface area contributed by atoms with E-state index in [2.05, 4.69) is 15.0 Å². The van der Waals surface area contributed by atoms with Crippen LogP contribution >= 0.6 is 11.3 Å². The highest BCUT2D eigenvalue weighted by atomic mass is 32.2. The van der Waals surface area contributed by atoms with E-state index in [9.17, 15) is 17.6 Å². The maximum absolute atomic E-state index is 13.1. The Morgan fingerprint density at radius 3 is 2.42 bits per heavy atom. The van der Waals surface area contributed by atoms with Gasteiger partial charge in [0.05, 0.1) is 10.6 Å². The number of carbonyl (C=O) groups excluding carboxylic acids is 1. The van der Waals surface area contributed by atoms with E-state index in [-0.39, 0.29) is 22.7 Å². The molecule has 1 aliphatic carbocycles. The first kappa shape index (κ1) is 23.5. The van der Waals surface area contributed by atoms with Crippen molar-refractivity contribution in [2.24, 2.45) is 0 Å². The van der Waals surface area contributed by atoms with E-state index in [1.165, 1.54) is 23.5 Å². The Balaban J connectivity index is 1.32. The fraction of sp³-hybridized carbons (Fsp3) is 0.333. The maximum Gasteiger partial charge on any atom is 0.263 e. The zero-order valence-electron chi connectivity index (χ0n) is 18.3. The van der Waals surface area contributed by atoms with Crippen LogP contribution in [0.4, 0.5) is 4.39 Å². The van der Waals surface area contributed by atoms with Crippen molar-refractivity contribution in [1.82, 2.24) is 15.0 Å². The summed E-state index contributed by atoms with van der Waals surface area (Å²) >= 11 is 1.27. The number of rotatable bonds is 8. The van der Waals surface area contributed by atoms with Crippen LogP contribution in [0, 0.1) is 12.7 Å². The number of sulfonamides is 1. The van der Waals surface area contributed by atoms with Crippen LogP contribution in [0.2, 0.25) is 0 Å². The summed E-state index contributed by atoms with van der Waals surface area (Å²) in [5.41, 5.74) is 2.32. The Kier molecular flexibility index (Phi) is 7.21. The minimum Gasteiger partial charge on any atom is -0.351 e. The summed E-state index contributed by atoms with van der Waals surface area (Å²) in [7, 11) is -3.50. The van der Waals surface area contributed by atoms with Crippen molar-refractivity contribution >= 4 is 27.3 Å². The summed E-state index contributed by atoms with van der Waals surface area (Å²) in [4.78, 5) is 17.8. The lowest BCUT2D eigenvalue weighted by Crippen LogP contribution is -2.32. The number of nitrogens with zero attached hydrogens (tertiary/aromatic N) is 1. The van der Waals surface area contributed by atoms with Crippen LogP contribution in [-0.2, 0) is 16.4 Å². The van der Waals surface area contributed by atoms with Gasteiger partial charge in [0.15, 0.2) is 0 Å². The molecule has 4 rings (SSSR count). The molecule has 1 saturated carbocycles. The summed E-state index contributed by atoms with van der Waals surface area (Å²) in [6, 6.07) is 12.8. The predicted molar refractivity (Wildman–Crippen MR) is 127 cm³/mol. The molecule has 0 unspecified atom stereocenters. The second-order valence-corrected chi connectivity index (χ2v) is 10.9. The number of nitrogens with one attached hydrogen (secondary N) is 2. The molecule has 0 aliphatic heterocycles. The van der Waals surface area contributed by atoms with Crippen LogP contribution in [0.25, 0.3) is 10.6 Å². The number of halogens is 1. The van der Waals surface area contributed by atoms with Crippen LogP contribution in [0.3, 0.4) is 0 Å². The second-order valence-electron chi connectivity index (χ2n) is 8.19. The zero-order chi connectivity index (χ0) is 23.4. The molecule has 33 heavy (non-hydrogen) atoms. The molecule has 1 aliphatic rings. The highest BCUT2D eigenvalue weighted by Gasteiger charge is 2.22. The SMILES string of the molecule is Cc1nc(-c2ccc(F)cc2)sc1C(=O)NCCc1ccc(S(=O)(=O)NC2CCCC2)cc1. The largest absolute Gasteiger partial charge is 0.351 e. The van der Waals surface area contributed by atoms with Gasteiger partial charge in [-0.1, -0.05) is 25.0 Å². The Bertz CT molecular complexity index is 1220. The second kappa shape index (κ2) is 10.1. The third-order valence-corrected chi connectivity index (χ3v) is 8.45. The van der Waals surface area contributed by atoms with Gasteiger partial charge in [0.2, 0.25) is 10.0 Å². The topological polar surface area (TPSA) is 88.2 Å². The van der Waals surface area contributed by atoms with Gasteiger partial charge in [-0.25, -0.2) is 22.5 Å². The van der Waals surface area contributed by atoms with Crippen molar-refractivity contribution in [1.29, 1.82) is 0 Å². The maximum atomic E-state index is 13.1. The van der Waals surface area contributed by atoms with Crippen molar-refractivity contribution in [3.8, 4) is 10.6 Å². The summed E-state index contributed by atoms with van der Waals surface area (Å²) in [5.74, 6) is -0.529. The first-order valence-corrected chi connectivity index (χ1v) is 13.2. The first-order valence-electron chi connectivity index (χ1n) is 10.9. The van der Waals surface area contributed by atoms with Crippen molar-refractivity contribution in [2.75, 3.05) is 6.54 Å². The smallest absolute Gasteiger partial charge is 0.263 e. The molecule has 1 aromatic heterocycles. The molecule has 0 bridgehead atoms. The zero-order valence-corrected chi connectivity index (χ0v) is 19.9. The molecule has 1 amide bonds. The van der Waals surface area contributed by atoms with Gasteiger partial charge in [0, 0.05) is 18.2 Å². The Morgan fingerprint density at radius 2 is 1.76 bits per heavy atom. The highest BCUT2D eigenvalue weighted by Crippen LogP contribution is 2.28. The lowest BCUT2D eigenvalue weighted by atomic mass is 10.1. The molecule has 2 aromatic carbocycles. The lowest BCUT2D eigenvalue weighted by molar-refractivity contribution is 0.0957. The molecule has 9 heteroatoms. The van der Waals surface area contributed by atoms with Crippen molar-refractivity contribution in [3.63, 3.8) is 0 Å². The summed E-state index contributed by atoms with van der Waals surface area (Å²) in [6.45, 7) is 2.19. The summed E-state index contributed by atoms with van der Waals surface area (Å²) in [5, 5.41) is 3.56. The van der Waals surface area contributed by atoms with Crippen LogP contribution in [-0.4, -0.2) is 31.9 Å². The minimum absolute atomic E-state index is 0.0312. The Labute approximate surface area is 197 Å². The third kappa shape index (κ3) is 5.85. The monoisotopic (exact) mass is 487 g/mol. The third-order valence-electron chi connectivity index (χ3n) is 5.70. The first-order chi connectivity index (χ1) is 15.8. The molecule has 0 atom stereocenters. The minimum atomic E-state index is -3.50. The van der Waals surface area contributed by atoms with Gasteiger partial charge in [-0.3, -0.25) is 4.79 Å². The van der Waals surface area contributed by atoms with Gasteiger partial charge in [-0.05, 0) is 68.1 Å². The molecular weight excluding hydrogens is 461 g/mol.